The van der Waals surface area contributed by atoms with Gasteiger partial charge in [0, 0.05) is 12.6 Å². The summed E-state index contributed by atoms with van der Waals surface area (Å²) in [6.07, 6.45) is 2.79. The number of furan rings is 1. The Kier molecular flexibility index (Phi) is 5.50. The molecule has 1 atom stereocenters. The van der Waals surface area contributed by atoms with Gasteiger partial charge in [-0.3, -0.25) is 0 Å². The highest BCUT2D eigenvalue weighted by atomic mass is 35.5. The van der Waals surface area contributed by atoms with Crippen molar-refractivity contribution in [3.05, 3.63) is 23.7 Å². The molecule has 0 saturated heterocycles. The van der Waals surface area contributed by atoms with Crippen LogP contribution >= 0.6 is 12.4 Å². The summed E-state index contributed by atoms with van der Waals surface area (Å²) in [4.78, 5) is 2.33. The summed E-state index contributed by atoms with van der Waals surface area (Å²) in [5, 5.41) is 3.48. The van der Waals surface area contributed by atoms with Gasteiger partial charge in [0.25, 0.3) is 0 Å². The van der Waals surface area contributed by atoms with Gasteiger partial charge < -0.3 is 14.6 Å². The standard InChI is InChI=1S/C13H22N2O.ClH/c1-10-4-7-12(16-10)8-14-9-13(15(2)3)11-5-6-11;/h4,7,11,13-14H,5-6,8-9H2,1-3H3;1H. The minimum absolute atomic E-state index is 0. The fourth-order valence-electron chi connectivity index (χ4n) is 2.18. The quantitative estimate of drug-likeness (QED) is 0.850. The fraction of sp³-hybridized carbons (Fsp3) is 0.692. The lowest BCUT2D eigenvalue weighted by molar-refractivity contribution is 0.253. The fourth-order valence-corrected chi connectivity index (χ4v) is 2.18. The Hall–Kier alpha value is -0.510. The number of hydrogen-bond acceptors (Lipinski definition) is 3. The Morgan fingerprint density at radius 2 is 2.12 bits per heavy atom. The molecular formula is C13H23ClN2O. The van der Waals surface area contributed by atoms with Crippen molar-refractivity contribution in [2.24, 2.45) is 5.92 Å². The first kappa shape index (κ1) is 14.6. The Bertz CT molecular complexity index is 332. The van der Waals surface area contributed by atoms with Gasteiger partial charge >= 0.3 is 0 Å². The molecule has 0 aromatic carbocycles. The van der Waals surface area contributed by atoms with Crippen LogP contribution in [0.15, 0.2) is 16.5 Å². The first-order valence-electron chi connectivity index (χ1n) is 6.09. The second-order valence-corrected chi connectivity index (χ2v) is 5.01. The van der Waals surface area contributed by atoms with Crippen LogP contribution in [0.25, 0.3) is 0 Å². The zero-order chi connectivity index (χ0) is 11.5. The molecule has 17 heavy (non-hydrogen) atoms. The topological polar surface area (TPSA) is 28.4 Å². The van der Waals surface area contributed by atoms with Gasteiger partial charge in [-0.15, -0.1) is 12.4 Å². The highest BCUT2D eigenvalue weighted by Gasteiger charge is 2.32. The van der Waals surface area contributed by atoms with E-state index in [9.17, 15) is 0 Å². The Morgan fingerprint density at radius 3 is 2.59 bits per heavy atom. The molecule has 0 bridgehead atoms. The minimum atomic E-state index is 0. The third-order valence-corrected chi connectivity index (χ3v) is 3.28. The molecular weight excluding hydrogens is 236 g/mol. The summed E-state index contributed by atoms with van der Waals surface area (Å²) in [7, 11) is 4.34. The summed E-state index contributed by atoms with van der Waals surface area (Å²) in [5.74, 6) is 2.93. The Balaban J connectivity index is 0.00000144. The largest absolute Gasteiger partial charge is 0.465 e. The number of nitrogens with one attached hydrogen (secondary N) is 1. The van der Waals surface area contributed by atoms with E-state index in [0.29, 0.717) is 6.04 Å². The van der Waals surface area contributed by atoms with E-state index in [1.807, 2.05) is 19.1 Å². The summed E-state index contributed by atoms with van der Waals surface area (Å²) in [6.45, 7) is 3.87. The van der Waals surface area contributed by atoms with E-state index in [4.69, 9.17) is 4.42 Å². The number of hydrogen-bond donors (Lipinski definition) is 1. The lowest BCUT2D eigenvalue weighted by atomic mass is 10.1. The molecule has 1 unspecified atom stereocenters. The van der Waals surface area contributed by atoms with Gasteiger partial charge in [0.2, 0.25) is 0 Å². The molecule has 1 aromatic rings. The average Bonchev–Trinajstić information content (AvgIpc) is 2.97. The van der Waals surface area contributed by atoms with Crippen LogP contribution in [0.4, 0.5) is 0 Å². The number of likely N-dealkylation sites (N-methyl/N-ethyl adjacent to an activating group) is 1. The molecule has 0 spiro atoms. The number of nitrogens with zero attached hydrogens (tertiary/aromatic N) is 1. The maximum atomic E-state index is 5.53. The van der Waals surface area contributed by atoms with Gasteiger partial charge in [-0.1, -0.05) is 0 Å². The Morgan fingerprint density at radius 1 is 1.41 bits per heavy atom. The van der Waals surface area contributed by atoms with Gasteiger partial charge in [-0.2, -0.15) is 0 Å². The van der Waals surface area contributed by atoms with Crippen LogP contribution < -0.4 is 5.32 Å². The van der Waals surface area contributed by atoms with Crippen LogP contribution in [0.5, 0.6) is 0 Å². The molecule has 0 amide bonds. The van der Waals surface area contributed by atoms with Gasteiger partial charge in [-0.05, 0) is 51.9 Å². The molecule has 1 heterocycles. The zero-order valence-corrected chi connectivity index (χ0v) is 11.7. The maximum Gasteiger partial charge on any atom is 0.117 e. The highest BCUT2D eigenvalue weighted by Crippen LogP contribution is 2.34. The van der Waals surface area contributed by atoms with Crippen LogP contribution in [0, 0.1) is 12.8 Å². The van der Waals surface area contributed by atoms with Crippen LogP contribution in [-0.2, 0) is 6.54 Å². The highest BCUT2D eigenvalue weighted by molar-refractivity contribution is 5.85. The van der Waals surface area contributed by atoms with Gasteiger partial charge in [0.1, 0.15) is 11.5 Å². The van der Waals surface area contributed by atoms with Crippen molar-refractivity contribution in [2.75, 3.05) is 20.6 Å². The van der Waals surface area contributed by atoms with Gasteiger partial charge in [0.15, 0.2) is 0 Å². The van der Waals surface area contributed by atoms with Crippen LogP contribution in [0.1, 0.15) is 24.4 Å². The third kappa shape index (κ3) is 4.34. The smallest absolute Gasteiger partial charge is 0.117 e. The maximum absolute atomic E-state index is 5.53. The molecule has 3 nitrogen and oxygen atoms in total. The second-order valence-electron chi connectivity index (χ2n) is 5.01. The second kappa shape index (κ2) is 6.43. The lowest BCUT2D eigenvalue weighted by Crippen LogP contribution is -2.39. The monoisotopic (exact) mass is 258 g/mol. The molecule has 1 fully saturated rings. The van der Waals surface area contributed by atoms with Crippen molar-refractivity contribution in [1.29, 1.82) is 0 Å². The van der Waals surface area contributed by atoms with Gasteiger partial charge in [0.05, 0.1) is 6.54 Å². The van der Waals surface area contributed by atoms with E-state index in [1.54, 1.807) is 0 Å². The van der Waals surface area contributed by atoms with Crippen LogP contribution in [0.2, 0.25) is 0 Å². The predicted molar refractivity (Wildman–Crippen MR) is 72.6 cm³/mol. The number of aryl methyl sites for hydroxylation is 1. The molecule has 0 radical (unpaired) electrons. The molecule has 1 N–H and O–H groups in total. The normalized spacial score (nSPS) is 16.9. The summed E-state index contributed by atoms with van der Waals surface area (Å²) in [6, 6.07) is 4.74. The van der Waals surface area contributed by atoms with E-state index in [0.717, 1.165) is 30.5 Å². The molecule has 4 heteroatoms. The molecule has 1 aliphatic carbocycles. The zero-order valence-electron chi connectivity index (χ0n) is 10.9. The lowest BCUT2D eigenvalue weighted by Gasteiger charge is -2.24. The van der Waals surface area contributed by atoms with Crippen molar-refractivity contribution in [3.8, 4) is 0 Å². The summed E-state index contributed by atoms with van der Waals surface area (Å²) >= 11 is 0. The summed E-state index contributed by atoms with van der Waals surface area (Å²) in [5.41, 5.74) is 0. The molecule has 1 saturated carbocycles. The van der Waals surface area contributed by atoms with E-state index < -0.39 is 0 Å². The minimum Gasteiger partial charge on any atom is -0.465 e. The molecule has 1 aliphatic rings. The van der Waals surface area contributed by atoms with Crippen molar-refractivity contribution in [3.63, 3.8) is 0 Å². The van der Waals surface area contributed by atoms with Crippen molar-refractivity contribution in [1.82, 2.24) is 10.2 Å². The molecule has 0 aliphatic heterocycles. The molecule has 1 aromatic heterocycles. The number of rotatable bonds is 6. The Labute approximate surface area is 110 Å². The number of halogens is 1. The van der Waals surface area contributed by atoms with Gasteiger partial charge in [-0.25, -0.2) is 0 Å². The molecule has 2 rings (SSSR count). The SMILES string of the molecule is Cc1ccc(CNCC(C2CC2)N(C)C)o1.Cl. The van der Waals surface area contributed by atoms with E-state index in [-0.39, 0.29) is 12.4 Å². The third-order valence-electron chi connectivity index (χ3n) is 3.28. The first-order valence-corrected chi connectivity index (χ1v) is 6.09. The van der Waals surface area contributed by atoms with Crippen molar-refractivity contribution < 1.29 is 4.42 Å². The first-order chi connectivity index (χ1) is 7.66. The predicted octanol–water partition coefficient (Wildman–Crippen LogP) is 2.44. The molecule has 98 valence electrons. The van der Waals surface area contributed by atoms with E-state index in [1.165, 1.54) is 12.8 Å². The van der Waals surface area contributed by atoms with E-state index in [2.05, 4.69) is 24.3 Å². The van der Waals surface area contributed by atoms with Crippen molar-refractivity contribution in [2.45, 2.75) is 32.4 Å². The van der Waals surface area contributed by atoms with Crippen LogP contribution in [0.3, 0.4) is 0 Å². The van der Waals surface area contributed by atoms with E-state index >= 15 is 0 Å². The summed E-state index contributed by atoms with van der Waals surface area (Å²) < 4.78 is 5.53. The van der Waals surface area contributed by atoms with Crippen molar-refractivity contribution >= 4 is 12.4 Å². The van der Waals surface area contributed by atoms with Crippen LogP contribution in [-0.4, -0.2) is 31.6 Å². The average molecular weight is 259 g/mol.